The lowest BCUT2D eigenvalue weighted by Gasteiger charge is -2.05. The molecule has 1 aromatic carbocycles. The minimum Gasteiger partial charge on any atom is -0.497 e. The van der Waals surface area contributed by atoms with E-state index in [1.807, 2.05) is 12.1 Å². The minimum absolute atomic E-state index is 0.667. The third-order valence-corrected chi connectivity index (χ3v) is 2.64. The first-order valence-electron chi connectivity index (χ1n) is 6.07. The van der Waals surface area contributed by atoms with Gasteiger partial charge in [-0.2, -0.15) is 5.26 Å². The maximum atomic E-state index is 8.38. The quantitative estimate of drug-likeness (QED) is 0.700. The van der Waals surface area contributed by atoms with Crippen molar-refractivity contribution in [1.82, 2.24) is 5.32 Å². The van der Waals surface area contributed by atoms with Crippen molar-refractivity contribution in [3.63, 3.8) is 0 Å². The van der Waals surface area contributed by atoms with E-state index in [2.05, 4.69) is 23.5 Å². The minimum atomic E-state index is 0.667. The summed E-state index contributed by atoms with van der Waals surface area (Å²) in [6.45, 7) is 1.98. The smallest absolute Gasteiger partial charge is 0.118 e. The molecule has 0 aliphatic heterocycles. The van der Waals surface area contributed by atoms with Crippen molar-refractivity contribution in [3.8, 4) is 11.8 Å². The molecule has 0 fully saturated rings. The molecule has 0 bridgehead atoms. The molecule has 1 rings (SSSR count). The van der Waals surface area contributed by atoms with Crippen LogP contribution in [0.1, 0.15) is 24.8 Å². The van der Waals surface area contributed by atoms with E-state index < -0.39 is 0 Å². The van der Waals surface area contributed by atoms with E-state index in [-0.39, 0.29) is 0 Å². The number of nitriles is 1. The van der Waals surface area contributed by atoms with E-state index in [0.29, 0.717) is 6.42 Å². The van der Waals surface area contributed by atoms with Gasteiger partial charge in [0.25, 0.3) is 0 Å². The lowest BCUT2D eigenvalue weighted by atomic mass is 10.1. The molecular weight excluding hydrogens is 212 g/mol. The van der Waals surface area contributed by atoms with Gasteiger partial charge in [0, 0.05) is 6.42 Å². The highest BCUT2D eigenvalue weighted by Crippen LogP contribution is 2.11. The first kappa shape index (κ1) is 13.5. The highest BCUT2D eigenvalue weighted by atomic mass is 16.5. The Bertz CT molecular complexity index is 340. The summed E-state index contributed by atoms with van der Waals surface area (Å²) in [5, 5.41) is 11.8. The summed E-state index contributed by atoms with van der Waals surface area (Å²) in [6, 6.07) is 10.3. The van der Waals surface area contributed by atoms with Crippen molar-refractivity contribution < 1.29 is 4.74 Å². The van der Waals surface area contributed by atoms with E-state index in [4.69, 9.17) is 10.00 Å². The van der Waals surface area contributed by atoms with Gasteiger partial charge in [0.2, 0.25) is 0 Å². The molecule has 0 saturated heterocycles. The summed E-state index contributed by atoms with van der Waals surface area (Å²) in [6.07, 6.45) is 3.77. The highest BCUT2D eigenvalue weighted by molar-refractivity contribution is 5.27. The van der Waals surface area contributed by atoms with Gasteiger partial charge in [-0.25, -0.2) is 0 Å². The molecule has 0 amide bonds. The second kappa shape index (κ2) is 8.60. The van der Waals surface area contributed by atoms with Crippen LogP contribution in [0.5, 0.6) is 5.75 Å². The third kappa shape index (κ3) is 5.94. The van der Waals surface area contributed by atoms with Crippen molar-refractivity contribution in [2.75, 3.05) is 20.2 Å². The number of benzene rings is 1. The maximum Gasteiger partial charge on any atom is 0.118 e. The van der Waals surface area contributed by atoms with Gasteiger partial charge in [0.1, 0.15) is 5.75 Å². The van der Waals surface area contributed by atoms with Gasteiger partial charge < -0.3 is 10.1 Å². The van der Waals surface area contributed by atoms with E-state index in [9.17, 15) is 0 Å². The Morgan fingerprint density at radius 1 is 1.18 bits per heavy atom. The summed E-state index contributed by atoms with van der Waals surface area (Å²) in [4.78, 5) is 0. The monoisotopic (exact) mass is 232 g/mol. The molecule has 0 heterocycles. The summed E-state index contributed by atoms with van der Waals surface area (Å²) < 4.78 is 5.11. The second-order valence-corrected chi connectivity index (χ2v) is 3.96. The van der Waals surface area contributed by atoms with Gasteiger partial charge in [0.15, 0.2) is 0 Å². The van der Waals surface area contributed by atoms with Gasteiger partial charge >= 0.3 is 0 Å². The molecule has 0 spiro atoms. The molecule has 1 N–H and O–H groups in total. The zero-order valence-electron chi connectivity index (χ0n) is 10.4. The van der Waals surface area contributed by atoms with Gasteiger partial charge in [-0.3, -0.25) is 0 Å². The maximum absolute atomic E-state index is 8.38. The number of ether oxygens (including phenoxy) is 1. The van der Waals surface area contributed by atoms with Crippen LogP contribution in [0.3, 0.4) is 0 Å². The number of nitrogens with one attached hydrogen (secondary N) is 1. The molecule has 0 unspecified atom stereocenters. The van der Waals surface area contributed by atoms with E-state index in [1.54, 1.807) is 7.11 Å². The molecule has 0 radical (unpaired) electrons. The van der Waals surface area contributed by atoms with Crippen LogP contribution in [0.15, 0.2) is 24.3 Å². The molecule has 1 aromatic rings. The molecule has 0 saturated carbocycles. The molecule has 3 heteroatoms. The first-order valence-corrected chi connectivity index (χ1v) is 6.07. The Hall–Kier alpha value is -1.53. The lowest BCUT2D eigenvalue weighted by molar-refractivity contribution is 0.414. The van der Waals surface area contributed by atoms with Crippen molar-refractivity contribution >= 4 is 0 Å². The van der Waals surface area contributed by atoms with Gasteiger partial charge in [-0.15, -0.1) is 0 Å². The summed E-state index contributed by atoms with van der Waals surface area (Å²) in [5.41, 5.74) is 1.32. The molecule has 3 nitrogen and oxygen atoms in total. The molecule has 0 aliphatic rings. The topological polar surface area (TPSA) is 45.0 Å². The Morgan fingerprint density at radius 3 is 2.59 bits per heavy atom. The fourth-order valence-corrected chi connectivity index (χ4v) is 1.60. The number of nitrogens with zero attached hydrogens (tertiary/aromatic N) is 1. The standard InChI is InChI=1S/C14H20N2O/c1-17-14-7-5-13(6-8-14)9-12-16-11-4-2-3-10-15/h5-8,16H,2-4,9,11-12H2,1H3. The molecule has 0 aliphatic carbocycles. The number of rotatable bonds is 8. The SMILES string of the molecule is COc1ccc(CCNCCCCC#N)cc1. The molecule has 92 valence electrons. The van der Waals surface area contributed by atoms with E-state index in [1.165, 1.54) is 5.56 Å². The zero-order valence-corrected chi connectivity index (χ0v) is 10.4. The first-order chi connectivity index (χ1) is 8.36. The third-order valence-electron chi connectivity index (χ3n) is 2.64. The second-order valence-electron chi connectivity index (χ2n) is 3.96. The number of methoxy groups -OCH3 is 1. The van der Waals surface area contributed by atoms with Crippen LogP contribution >= 0.6 is 0 Å². The van der Waals surface area contributed by atoms with E-state index >= 15 is 0 Å². The number of hydrogen-bond donors (Lipinski definition) is 1. The van der Waals surface area contributed by atoms with Crippen LogP contribution in [0.2, 0.25) is 0 Å². The van der Waals surface area contributed by atoms with Crippen molar-refractivity contribution in [2.45, 2.75) is 25.7 Å². The Morgan fingerprint density at radius 2 is 1.94 bits per heavy atom. The Labute approximate surface area is 103 Å². The predicted molar refractivity (Wildman–Crippen MR) is 69.0 cm³/mol. The van der Waals surface area contributed by atoms with Crippen LogP contribution in [-0.2, 0) is 6.42 Å². The predicted octanol–water partition coefficient (Wildman–Crippen LogP) is 2.52. The van der Waals surface area contributed by atoms with Gasteiger partial charge in [0.05, 0.1) is 13.2 Å². The lowest BCUT2D eigenvalue weighted by Crippen LogP contribution is -2.18. The van der Waals surface area contributed by atoms with Gasteiger partial charge in [-0.05, 0) is 50.0 Å². The summed E-state index contributed by atoms with van der Waals surface area (Å²) in [5.74, 6) is 0.901. The number of unbranched alkanes of at least 4 members (excludes halogenated alkanes) is 2. The number of hydrogen-bond acceptors (Lipinski definition) is 3. The zero-order chi connectivity index (χ0) is 12.3. The van der Waals surface area contributed by atoms with Crippen LogP contribution in [0.25, 0.3) is 0 Å². The van der Waals surface area contributed by atoms with Crippen LogP contribution in [0.4, 0.5) is 0 Å². The van der Waals surface area contributed by atoms with Crippen LogP contribution in [-0.4, -0.2) is 20.2 Å². The van der Waals surface area contributed by atoms with Crippen molar-refractivity contribution in [1.29, 1.82) is 5.26 Å². The van der Waals surface area contributed by atoms with Crippen molar-refractivity contribution in [2.24, 2.45) is 0 Å². The fourth-order valence-electron chi connectivity index (χ4n) is 1.60. The average molecular weight is 232 g/mol. The summed E-state index contributed by atoms with van der Waals surface area (Å²) in [7, 11) is 1.68. The molecule has 0 aromatic heterocycles. The van der Waals surface area contributed by atoms with Crippen LogP contribution in [0, 0.1) is 11.3 Å². The Balaban J connectivity index is 2.08. The van der Waals surface area contributed by atoms with E-state index in [0.717, 1.165) is 38.1 Å². The molecule has 0 atom stereocenters. The fraction of sp³-hybridized carbons (Fsp3) is 0.500. The summed E-state index contributed by atoms with van der Waals surface area (Å²) >= 11 is 0. The largest absolute Gasteiger partial charge is 0.497 e. The Kier molecular flexibility index (Phi) is 6.85. The molecule has 17 heavy (non-hydrogen) atoms. The molecular formula is C14H20N2O. The van der Waals surface area contributed by atoms with Gasteiger partial charge in [-0.1, -0.05) is 12.1 Å². The highest BCUT2D eigenvalue weighted by Gasteiger charge is 1.94. The average Bonchev–Trinajstić information content (AvgIpc) is 2.38. The van der Waals surface area contributed by atoms with Crippen molar-refractivity contribution in [3.05, 3.63) is 29.8 Å². The van der Waals surface area contributed by atoms with Crippen LogP contribution < -0.4 is 10.1 Å². The normalized spacial score (nSPS) is 9.88.